The van der Waals surface area contributed by atoms with Gasteiger partial charge in [-0.1, -0.05) is 78.9 Å². The molecule has 0 heterocycles. The molecule has 0 bridgehead atoms. The number of nitrogens with one attached hydrogen (secondary N) is 1. The Labute approximate surface area is 211 Å². The number of rotatable bonds is 10. The quantitative estimate of drug-likeness (QED) is 0.405. The van der Waals surface area contributed by atoms with Crippen molar-refractivity contribution in [1.29, 1.82) is 0 Å². The molecule has 0 saturated heterocycles. The molecule has 1 aliphatic carbocycles. The van der Waals surface area contributed by atoms with E-state index in [0.717, 1.165) is 42.4 Å². The molecule has 1 atom stereocenters. The summed E-state index contributed by atoms with van der Waals surface area (Å²) in [4.78, 5) is 28.3. The van der Waals surface area contributed by atoms with Crippen LogP contribution < -0.4 is 5.32 Å². The van der Waals surface area contributed by atoms with Crippen LogP contribution in [-0.2, 0) is 21.9 Å². The second kappa shape index (κ2) is 12.7. The second-order valence-corrected chi connectivity index (χ2v) is 10.5. The summed E-state index contributed by atoms with van der Waals surface area (Å²) in [6.45, 7) is 4.42. The number of benzene rings is 2. The molecule has 7 heteroatoms. The number of halogens is 2. The van der Waals surface area contributed by atoms with Crippen LogP contribution in [0.3, 0.4) is 0 Å². The van der Waals surface area contributed by atoms with Crippen LogP contribution in [-0.4, -0.2) is 34.6 Å². The first-order chi connectivity index (χ1) is 15.9. The molecule has 1 saturated carbocycles. The Morgan fingerprint density at radius 2 is 1.91 bits per heavy atom. The topological polar surface area (TPSA) is 49.4 Å². The lowest BCUT2D eigenvalue weighted by molar-refractivity contribution is -0.139. The predicted molar refractivity (Wildman–Crippen MR) is 139 cm³/mol. The van der Waals surface area contributed by atoms with Gasteiger partial charge in [-0.2, -0.15) is 0 Å². The Morgan fingerprint density at radius 1 is 1.15 bits per heavy atom. The maximum Gasteiger partial charge on any atom is 0.243 e. The van der Waals surface area contributed by atoms with Crippen LogP contribution >= 0.6 is 35.0 Å². The Balaban J connectivity index is 1.71. The molecule has 1 unspecified atom stereocenters. The Bertz CT molecular complexity index is 963. The lowest BCUT2D eigenvalue weighted by atomic mass is 10.1. The van der Waals surface area contributed by atoms with Crippen LogP contribution in [0.25, 0.3) is 0 Å². The Hall–Kier alpha value is -1.69. The normalized spacial score (nSPS) is 14.8. The molecule has 2 aromatic rings. The molecule has 0 aromatic heterocycles. The number of aryl methyl sites for hydroxylation is 1. The van der Waals surface area contributed by atoms with E-state index in [1.807, 2.05) is 38.1 Å². The minimum atomic E-state index is -0.488. The zero-order chi connectivity index (χ0) is 23.8. The lowest BCUT2D eigenvalue weighted by Gasteiger charge is -2.31. The van der Waals surface area contributed by atoms with Gasteiger partial charge in [0, 0.05) is 28.4 Å². The molecule has 2 amide bonds. The van der Waals surface area contributed by atoms with Crippen LogP contribution in [0.5, 0.6) is 0 Å². The van der Waals surface area contributed by atoms with Gasteiger partial charge in [0.05, 0.1) is 5.75 Å². The average molecular weight is 508 g/mol. The van der Waals surface area contributed by atoms with Gasteiger partial charge in [0.15, 0.2) is 0 Å². The fraction of sp³-hybridized carbons (Fsp3) is 0.462. The van der Waals surface area contributed by atoms with Crippen molar-refractivity contribution in [3.05, 3.63) is 69.2 Å². The summed E-state index contributed by atoms with van der Waals surface area (Å²) in [5, 5.41) is 4.38. The fourth-order valence-electron chi connectivity index (χ4n) is 4.26. The summed E-state index contributed by atoms with van der Waals surface area (Å²) in [6.07, 6.45) is 4.91. The first-order valence-corrected chi connectivity index (χ1v) is 13.5. The van der Waals surface area contributed by atoms with Gasteiger partial charge < -0.3 is 10.2 Å². The molecule has 0 aliphatic heterocycles. The third-order valence-corrected chi connectivity index (χ3v) is 7.57. The van der Waals surface area contributed by atoms with Crippen LogP contribution in [0.2, 0.25) is 10.0 Å². The van der Waals surface area contributed by atoms with E-state index in [0.29, 0.717) is 28.8 Å². The lowest BCUT2D eigenvalue weighted by Crippen LogP contribution is -2.51. The van der Waals surface area contributed by atoms with E-state index in [-0.39, 0.29) is 23.6 Å². The van der Waals surface area contributed by atoms with E-state index in [9.17, 15) is 9.59 Å². The van der Waals surface area contributed by atoms with E-state index in [4.69, 9.17) is 23.2 Å². The van der Waals surface area contributed by atoms with E-state index in [2.05, 4.69) is 11.4 Å². The molecule has 1 aliphatic rings. The zero-order valence-electron chi connectivity index (χ0n) is 19.3. The number of carbonyl (C=O) groups is 2. The molecule has 1 N–H and O–H groups in total. The van der Waals surface area contributed by atoms with E-state index >= 15 is 0 Å². The van der Waals surface area contributed by atoms with Crippen molar-refractivity contribution in [1.82, 2.24) is 10.2 Å². The zero-order valence-corrected chi connectivity index (χ0v) is 21.6. The van der Waals surface area contributed by atoms with Gasteiger partial charge in [-0.3, -0.25) is 9.59 Å². The summed E-state index contributed by atoms with van der Waals surface area (Å²) in [5.41, 5.74) is 3.10. The Morgan fingerprint density at radius 3 is 2.58 bits per heavy atom. The summed E-state index contributed by atoms with van der Waals surface area (Å²) < 4.78 is 0. The molecule has 1 fully saturated rings. The standard InChI is InChI=1S/C26H32Cl2N2O2S/c1-3-24(26(32)29-22-9-4-5-10-22)30(15-19-8-6-7-18(2)13-19)25(31)17-33-16-20-11-12-21(27)14-23(20)28/h6-8,11-14,22,24H,3-5,9-10,15-17H2,1-2H3,(H,29,32). The fourth-order valence-corrected chi connectivity index (χ4v) is 5.73. The van der Waals surface area contributed by atoms with Crippen molar-refractivity contribution < 1.29 is 9.59 Å². The first-order valence-electron chi connectivity index (χ1n) is 11.5. The maximum absolute atomic E-state index is 13.4. The molecule has 4 nitrogen and oxygen atoms in total. The second-order valence-electron chi connectivity index (χ2n) is 8.65. The van der Waals surface area contributed by atoms with Crippen molar-refractivity contribution in [3.8, 4) is 0 Å². The highest BCUT2D eigenvalue weighted by Crippen LogP contribution is 2.25. The summed E-state index contributed by atoms with van der Waals surface area (Å²) in [6, 6.07) is 13.2. The van der Waals surface area contributed by atoms with Gasteiger partial charge in [0.25, 0.3) is 0 Å². The van der Waals surface area contributed by atoms with Crippen molar-refractivity contribution in [2.75, 3.05) is 5.75 Å². The minimum absolute atomic E-state index is 0.0417. The number of hydrogen-bond donors (Lipinski definition) is 1. The number of thioether (sulfide) groups is 1. The van der Waals surface area contributed by atoms with E-state index in [1.165, 1.54) is 11.8 Å². The van der Waals surface area contributed by atoms with Gasteiger partial charge in [-0.05, 0) is 49.4 Å². The highest BCUT2D eigenvalue weighted by Gasteiger charge is 2.30. The van der Waals surface area contributed by atoms with Gasteiger partial charge in [0.1, 0.15) is 6.04 Å². The molecule has 0 radical (unpaired) electrons. The molecule has 33 heavy (non-hydrogen) atoms. The average Bonchev–Trinajstić information content (AvgIpc) is 3.28. The van der Waals surface area contributed by atoms with Gasteiger partial charge in [-0.25, -0.2) is 0 Å². The molecule has 2 aromatic carbocycles. The predicted octanol–water partition coefficient (Wildman–Crippen LogP) is 6.40. The van der Waals surface area contributed by atoms with Crippen LogP contribution in [0.1, 0.15) is 55.7 Å². The number of hydrogen-bond acceptors (Lipinski definition) is 3. The molecule has 3 rings (SSSR count). The minimum Gasteiger partial charge on any atom is -0.352 e. The summed E-state index contributed by atoms with van der Waals surface area (Å²) in [5.74, 6) is 0.791. The van der Waals surface area contributed by atoms with Gasteiger partial charge >= 0.3 is 0 Å². The van der Waals surface area contributed by atoms with Crippen molar-refractivity contribution in [3.63, 3.8) is 0 Å². The smallest absolute Gasteiger partial charge is 0.243 e. The molecule has 178 valence electrons. The largest absolute Gasteiger partial charge is 0.352 e. The maximum atomic E-state index is 13.4. The summed E-state index contributed by atoms with van der Waals surface area (Å²) in [7, 11) is 0. The van der Waals surface area contributed by atoms with Crippen molar-refractivity contribution >= 4 is 46.8 Å². The third-order valence-electron chi connectivity index (χ3n) is 6.02. The van der Waals surface area contributed by atoms with Crippen molar-refractivity contribution in [2.24, 2.45) is 0 Å². The highest BCUT2D eigenvalue weighted by atomic mass is 35.5. The van der Waals surface area contributed by atoms with E-state index in [1.54, 1.807) is 17.0 Å². The van der Waals surface area contributed by atoms with Crippen LogP contribution in [0.4, 0.5) is 0 Å². The number of nitrogens with zero attached hydrogens (tertiary/aromatic N) is 1. The number of amides is 2. The van der Waals surface area contributed by atoms with Crippen LogP contribution in [0, 0.1) is 6.92 Å². The summed E-state index contributed by atoms with van der Waals surface area (Å²) >= 11 is 13.8. The number of carbonyl (C=O) groups excluding carboxylic acids is 2. The molecular formula is C26H32Cl2N2O2S. The van der Waals surface area contributed by atoms with Crippen LogP contribution in [0.15, 0.2) is 42.5 Å². The van der Waals surface area contributed by atoms with Crippen molar-refractivity contribution in [2.45, 2.75) is 70.3 Å². The molecule has 0 spiro atoms. The van der Waals surface area contributed by atoms with Gasteiger partial charge in [-0.15, -0.1) is 11.8 Å². The third kappa shape index (κ3) is 7.66. The first kappa shape index (κ1) is 25.9. The monoisotopic (exact) mass is 506 g/mol. The molecular weight excluding hydrogens is 475 g/mol. The van der Waals surface area contributed by atoms with Gasteiger partial charge in [0.2, 0.25) is 11.8 Å². The highest BCUT2D eigenvalue weighted by molar-refractivity contribution is 7.99. The Kier molecular flexibility index (Phi) is 9.96. The van der Waals surface area contributed by atoms with E-state index < -0.39 is 6.04 Å². The SMILES string of the molecule is CCC(C(=O)NC1CCCC1)N(Cc1cccc(C)c1)C(=O)CSCc1ccc(Cl)cc1Cl.